The minimum atomic E-state index is -0.523. The van der Waals surface area contributed by atoms with Crippen molar-refractivity contribution in [3.63, 3.8) is 0 Å². The van der Waals surface area contributed by atoms with Crippen molar-refractivity contribution in [3.05, 3.63) is 39.8 Å². The SMILES string of the molecule is Cc1ncc(CNc2ccc(N)c(C(N)=O)c2)s1. The van der Waals surface area contributed by atoms with Crippen LogP contribution in [0.4, 0.5) is 11.4 Å². The van der Waals surface area contributed by atoms with Crippen LogP contribution in [0.2, 0.25) is 0 Å². The molecule has 0 saturated heterocycles. The van der Waals surface area contributed by atoms with Crippen molar-refractivity contribution in [2.45, 2.75) is 13.5 Å². The monoisotopic (exact) mass is 262 g/mol. The highest BCUT2D eigenvalue weighted by Gasteiger charge is 2.06. The summed E-state index contributed by atoms with van der Waals surface area (Å²) in [5.41, 5.74) is 12.4. The summed E-state index contributed by atoms with van der Waals surface area (Å²) < 4.78 is 0. The van der Waals surface area contributed by atoms with Gasteiger partial charge in [0.1, 0.15) is 0 Å². The van der Waals surface area contributed by atoms with Gasteiger partial charge in [-0.05, 0) is 25.1 Å². The summed E-state index contributed by atoms with van der Waals surface area (Å²) in [7, 11) is 0. The van der Waals surface area contributed by atoms with Crippen LogP contribution in [-0.4, -0.2) is 10.9 Å². The lowest BCUT2D eigenvalue weighted by Gasteiger charge is -2.07. The molecule has 1 amide bonds. The Kier molecular flexibility index (Phi) is 3.47. The van der Waals surface area contributed by atoms with Gasteiger partial charge in [0, 0.05) is 22.4 Å². The fourth-order valence-corrected chi connectivity index (χ4v) is 2.29. The Hall–Kier alpha value is -2.08. The molecular weight excluding hydrogens is 248 g/mol. The van der Waals surface area contributed by atoms with Gasteiger partial charge in [-0.25, -0.2) is 4.98 Å². The molecule has 0 spiro atoms. The molecule has 2 aromatic rings. The molecule has 0 saturated carbocycles. The molecule has 0 aliphatic carbocycles. The minimum absolute atomic E-state index is 0.334. The highest BCUT2D eigenvalue weighted by molar-refractivity contribution is 7.11. The van der Waals surface area contributed by atoms with Gasteiger partial charge in [-0.15, -0.1) is 11.3 Å². The van der Waals surface area contributed by atoms with Crippen molar-refractivity contribution >= 4 is 28.6 Å². The Balaban J connectivity index is 2.10. The zero-order valence-electron chi connectivity index (χ0n) is 9.93. The number of rotatable bonds is 4. The molecule has 5 nitrogen and oxygen atoms in total. The third-order valence-electron chi connectivity index (χ3n) is 2.45. The number of aromatic nitrogens is 1. The summed E-state index contributed by atoms with van der Waals surface area (Å²) in [6.07, 6.45) is 1.83. The van der Waals surface area contributed by atoms with Gasteiger partial charge in [-0.1, -0.05) is 0 Å². The highest BCUT2D eigenvalue weighted by Crippen LogP contribution is 2.19. The largest absolute Gasteiger partial charge is 0.398 e. The maximum atomic E-state index is 11.2. The standard InChI is InChI=1S/C12H14N4OS/c1-7-15-5-9(18-7)6-16-8-2-3-11(13)10(4-8)12(14)17/h2-5,16H,6,13H2,1H3,(H2,14,17). The molecule has 18 heavy (non-hydrogen) atoms. The van der Waals surface area contributed by atoms with Gasteiger partial charge in [-0.2, -0.15) is 0 Å². The van der Waals surface area contributed by atoms with Gasteiger partial charge in [0.2, 0.25) is 0 Å². The Morgan fingerprint density at radius 2 is 2.28 bits per heavy atom. The Morgan fingerprint density at radius 1 is 1.50 bits per heavy atom. The number of anilines is 2. The normalized spacial score (nSPS) is 10.3. The second kappa shape index (κ2) is 5.05. The third kappa shape index (κ3) is 2.78. The first kappa shape index (κ1) is 12.4. The zero-order chi connectivity index (χ0) is 13.1. The molecule has 94 valence electrons. The number of amides is 1. The lowest BCUT2D eigenvalue weighted by Crippen LogP contribution is -2.14. The van der Waals surface area contributed by atoms with E-state index in [0.29, 0.717) is 17.8 Å². The number of nitrogen functional groups attached to an aromatic ring is 1. The quantitative estimate of drug-likeness (QED) is 0.731. The number of benzene rings is 1. The van der Waals surface area contributed by atoms with E-state index in [1.807, 2.05) is 19.2 Å². The first-order chi connectivity index (χ1) is 8.56. The van der Waals surface area contributed by atoms with Gasteiger partial charge < -0.3 is 16.8 Å². The molecular formula is C12H14N4OS. The van der Waals surface area contributed by atoms with E-state index in [2.05, 4.69) is 10.3 Å². The van der Waals surface area contributed by atoms with Crippen LogP contribution in [0.5, 0.6) is 0 Å². The average Bonchev–Trinajstić information content (AvgIpc) is 2.74. The number of primary amides is 1. The Morgan fingerprint density at radius 3 is 2.89 bits per heavy atom. The van der Waals surface area contributed by atoms with Crippen LogP contribution >= 0.6 is 11.3 Å². The van der Waals surface area contributed by atoms with Crippen molar-refractivity contribution in [2.24, 2.45) is 5.73 Å². The number of hydrogen-bond acceptors (Lipinski definition) is 5. The van der Waals surface area contributed by atoms with Crippen LogP contribution in [0.15, 0.2) is 24.4 Å². The summed E-state index contributed by atoms with van der Waals surface area (Å²) in [6.45, 7) is 2.62. The Bertz CT molecular complexity index is 579. The van der Waals surface area contributed by atoms with Gasteiger partial charge in [-0.3, -0.25) is 4.79 Å². The van der Waals surface area contributed by atoms with E-state index in [1.165, 1.54) is 0 Å². The van der Waals surface area contributed by atoms with Gasteiger partial charge in [0.25, 0.3) is 5.91 Å². The molecule has 0 atom stereocenters. The number of nitrogens with one attached hydrogen (secondary N) is 1. The topological polar surface area (TPSA) is 94.0 Å². The second-order valence-electron chi connectivity index (χ2n) is 3.87. The molecule has 1 aromatic carbocycles. The summed E-state index contributed by atoms with van der Waals surface area (Å²) in [4.78, 5) is 16.5. The van der Waals surface area contributed by atoms with Crippen LogP contribution in [0.3, 0.4) is 0 Å². The van der Waals surface area contributed by atoms with Gasteiger partial charge in [0.05, 0.1) is 17.1 Å². The van der Waals surface area contributed by atoms with Crippen LogP contribution in [0.25, 0.3) is 0 Å². The molecule has 2 rings (SSSR count). The molecule has 0 bridgehead atoms. The molecule has 0 radical (unpaired) electrons. The second-order valence-corrected chi connectivity index (χ2v) is 5.18. The van der Waals surface area contributed by atoms with E-state index in [4.69, 9.17) is 11.5 Å². The van der Waals surface area contributed by atoms with Gasteiger partial charge in [0.15, 0.2) is 0 Å². The van der Waals surface area contributed by atoms with E-state index in [0.717, 1.165) is 15.6 Å². The molecule has 6 heteroatoms. The summed E-state index contributed by atoms with van der Waals surface area (Å²) in [6, 6.07) is 5.14. The van der Waals surface area contributed by atoms with Crippen LogP contribution in [0.1, 0.15) is 20.2 Å². The van der Waals surface area contributed by atoms with Crippen molar-refractivity contribution in [3.8, 4) is 0 Å². The summed E-state index contributed by atoms with van der Waals surface area (Å²) in [5, 5.41) is 4.23. The van der Waals surface area contributed by atoms with E-state index in [9.17, 15) is 4.79 Å². The number of nitrogens with two attached hydrogens (primary N) is 2. The van der Waals surface area contributed by atoms with Crippen molar-refractivity contribution < 1.29 is 4.79 Å². The first-order valence-corrected chi connectivity index (χ1v) is 6.22. The van der Waals surface area contributed by atoms with Crippen LogP contribution in [0, 0.1) is 6.92 Å². The van der Waals surface area contributed by atoms with Crippen molar-refractivity contribution in [1.29, 1.82) is 0 Å². The maximum Gasteiger partial charge on any atom is 0.250 e. The van der Waals surface area contributed by atoms with Crippen molar-refractivity contribution in [1.82, 2.24) is 4.98 Å². The number of carbonyl (C=O) groups is 1. The third-order valence-corrected chi connectivity index (χ3v) is 3.37. The van der Waals surface area contributed by atoms with E-state index in [-0.39, 0.29) is 0 Å². The fraction of sp³-hybridized carbons (Fsp3) is 0.167. The smallest absolute Gasteiger partial charge is 0.250 e. The number of hydrogen-bond donors (Lipinski definition) is 3. The molecule has 0 unspecified atom stereocenters. The van der Waals surface area contributed by atoms with Crippen molar-refractivity contribution in [2.75, 3.05) is 11.1 Å². The molecule has 5 N–H and O–H groups in total. The fourth-order valence-electron chi connectivity index (χ4n) is 1.56. The summed E-state index contributed by atoms with van der Waals surface area (Å²) >= 11 is 1.63. The molecule has 1 aromatic heterocycles. The highest BCUT2D eigenvalue weighted by atomic mass is 32.1. The predicted octanol–water partition coefficient (Wildman–Crippen LogP) is 1.74. The number of carbonyl (C=O) groups excluding carboxylic acids is 1. The zero-order valence-corrected chi connectivity index (χ0v) is 10.8. The maximum absolute atomic E-state index is 11.2. The van der Waals surface area contributed by atoms with Gasteiger partial charge >= 0.3 is 0 Å². The van der Waals surface area contributed by atoms with E-state index >= 15 is 0 Å². The molecule has 1 heterocycles. The first-order valence-electron chi connectivity index (χ1n) is 5.41. The van der Waals surface area contributed by atoms with Crippen LogP contribution < -0.4 is 16.8 Å². The molecule has 0 aliphatic rings. The molecule has 0 aliphatic heterocycles. The number of thiazole rings is 1. The van der Waals surface area contributed by atoms with E-state index < -0.39 is 5.91 Å². The molecule has 0 fully saturated rings. The minimum Gasteiger partial charge on any atom is -0.398 e. The van der Waals surface area contributed by atoms with Crippen LogP contribution in [-0.2, 0) is 6.54 Å². The predicted molar refractivity (Wildman–Crippen MR) is 73.6 cm³/mol. The average molecular weight is 262 g/mol. The number of nitrogens with zero attached hydrogens (tertiary/aromatic N) is 1. The lowest BCUT2D eigenvalue weighted by atomic mass is 10.1. The summed E-state index contributed by atoms with van der Waals surface area (Å²) in [5.74, 6) is -0.523. The van der Waals surface area contributed by atoms with E-state index in [1.54, 1.807) is 23.5 Å². The lowest BCUT2D eigenvalue weighted by molar-refractivity contribution is 0.100. The number of aryl methyl sites for hydroxylation is 1. The Labute approximate surface area is 109 Å².